The number of hydrogen-bond donors (Lipinski definition) is 2. The van der Waals surface area contributed by atoms with Crippen LogP contribution >= 0.6 is 0 Å². The average Bonchev–Trinajstić information content (AvgIpc) is 2.81. The summed E-state index contributed by atoms with van der Waals surface area (Å²) >= 11 is 0. The Labute approximate surface area is 141 Å². The topological polar surface area (TPSA) is 95.1 Å². The van der Waals surface area contributed by atoms with E-state index in [1.54, 1.807) is 0 Å². The van der Waals surface area contributed by atoms with Gasteiger partial charge in [-0.05, 0) is 58.9 Å². The number of amides is 1. The van der Waals surface area contributed by atoms with E-state index in [0.717, 1.165) is 48.2 Å². The summed E-state index contributed by atoms with van der Waals surface area (Å²) in [6.45, 7) is 7.73. The molecule has 2 aromatic rings. The van der Waals surface area contributed by atoms with Crippen molar-refractivity contribution < 1.29 is 9.53 Å². The lowest BCUT2D eigenvalue weighted by Crippen LogP contribution is -2.33. The minimum Gasteiger partial charge on any atom is -0.444 e. The number of carbonyl (C=O) groups is 1. The molecule has 2 aromatic heterocycles. The second-order valence-corrected chi connectivity index (χ2v) is 7.25. The number of hydrogen-bond acceptors (Lipinski definition) is 5. The summed E-state index contributed by atoms with van der Waals surface area (Å²) in [6, 6.07) is 0. The fourth-order valence-corrected chi connectivity index (χ4v) is 3.17. The van der Waals surface area contributed by atoms with Crippen molar-refractivity contribution >= 4 is 22.9 Å². The van der Waals surface area contributed by atoms with Crippen LogP contribution in [0.15, 0.2) is 0 Å². The standard InChI is InChI=1S/C17H25N5O2/c1-10-20-13-14(11-7-5-6-8-12(11)21-15(13)18)22(10)9-19-16(23)24-17(2,3)4/h5-9H2,1-4H3,(H2,18,21)(H,19,23). The summed E-state index contributed by atoms with van der Waals surface area (Å²) in [5, 5.41) is 2.80. The lowest BCUT2D eigenvalue weighted by atomic mass is 9.95. The third-order valence-electron chi connectivity index (χ3n) is 4.16. The maximum absolute atomic E-state index is 12.0. The zero-order chi connectivity index (χ0) is 17.5. The molecule has 7 nitrogen and oxygen atoms in total. The zero-order valence-electron chi connectivity index (χ0n) is 14.8. The van der Waals surface area contributed by atoms with Gasteiger partial charge in [0.2, 0.25) is 0 Å². The first kappa shape index (κ1) is 16.5. The molecule has 0 bridgehead atoms. The van der Waals surface area contributed by atoms with Crippen molar-refractivity contribution in [3.8, 4) is 0 Å². The van der Waals surface area contributed by atoms with Crippen LogP contribution < -0.4 is 11.1 Å². The SMILES string of the molecule is Cc1nc2c(N)nc3c(c2n1CNC(=O)OC(C)(C)C)CCCC3. The first-order chi connectivity index (χ1) is 11.3. The number of pyridine rings is 1. The van der Waals surface area contributed by atoms with Crippen LogP contribution in [0.25, 0.3) is 11.0 Å². The smallest absolute Gasteiger partial charge is 0.409 e. The van der Waals surface area contributed by atoms with Crippen LogP contribution in [0.1, 0.15) is 50.7 Å². The number of aryl methyl sites for hydroxylation is 3. The summed E-state index contributed by atoms with van der Waals surface area (Å²) in [5.74, 6) is 1.26. The first-order valence-electron chi connectivity index (χ1n) is 8.37. The number of ether oxygens (including phenoxy) is 1. The second kappa shape index (κ2) is 5.96. The molecule has 24 heavy (non-hydrogen) atoms. The van der Waals surface area contributed by atoms with Crippen molar-refractivity contribution in [2.24, 2.45) is 0 Å². The van der Waals surface area contributed by atoms with E-state index in [0.29, 0.717) is 12.5 Å². The van der Waals surface area contributed by atoms with Gasteiger partial charge < -0.3 is 20.4 Å². The maximum atomic E-state index is 12.0. The van der Waals surface area contributed by atoms with Crippen molar-refractivity contribution in [1.29, 1.82) is 0 Å². The zero-order valence-corrected chi connectivity index (χ0v) is 14.8. The van der Waals surface area contributed by atoms with Gasteiger partial charge >= 0.3 is 6.09 Å². The Balaban J connectivity index is 1.94. The molecule has 3 N–H and O–H groups in total. The monoisotopic (exact) mass is 331 g/mol. The third-order valence-corrected chi connectivity index (χ3v) is 4.16. The van der Waals surface area contributed by atoms with Gasteiger partial charge in [-0.1, -0.05) is 0 Å². The molecule has 0 saturated heterocycles. The predicted octanol–water partition coefficient (Wildman–Crippen LogP) is 2.68. The van der Waals surface area contributed by atoms with Crippen LogP contribution in [-0.2, 0) is 24.2 Å². The Hall–Kier alpha value is -2.31. The summed E-state index contributed by atoms with van der Waals surface area (Å²) in [6.07, 6.45) is 3.74. The van der Waals surface area contributed by atoms with Crippen molar-refractivity contribution in [2.45, 2.75) is 65.6 Å². The molecule has 0 aromatic carbocycles. The molecule has 0 unspecified atom stereocenters. The summed E-state index contributed by atoms with van der Waals surface area (Å²) in [5.41, 5.74) is 9.56. The van der Waals surface area contributed by atoms with Crippen molar-refractivity contribution in [2.75, 3.05) is 5.73 Å². The van der Waals surface area contributed by atoms with Crippen LogP contribution in [0.5, 0.6) is 0 Å². The number of nitrogens with one attached hydrogen (secondary N) is 1. The highest BCUT2D eigenvalue weighted by atomic mass is 16.6. The van der Waals surface area contributed by atoms with Crippen LogP contribution in [0.2, 0.25) is 0 Å². The highest BCUT2D eigenvalue weighted by Crippen LogP contribution is 2.31. The normalized spacial score (nSPS) is 14.5. The van der Waals surface area contributed by atoms with Crippen molar-refractivity contribution in [1.82, 2.24) is 19.9 Å². The van der Waals surface area contributed by atoms with E-state index in [-0.39, 0.29) is 0 Å². The lowest BCUT2D eigenvalue weighted by molar-refractivity contribution is 0.0512. The van der Waals surface area contributed by atoms with Gasteiger partial charge in [-0.25, -0.2) is 14.8 Å². The first-order valence-corrected chi connectivity index (χ1v) is 8.37. The highest BCUT2D eigenvalue weighted by molar-refractivity contribution is 5.89. The number of nitrogen functional groups attached to an aromatic ring is 1. The number of nitrogens with two attached hydrogens (primary N) is 1. The molecular formula is C17H25N5O2. The molecule has 0 fully saturated rings. The van der Waals surface area contributed by atoms with Crippen molar-refractivity contribution in [3.63, 3.8) is 0 Å². The number of anilines is 1. The molecule has 1 aliphatic carbocycles. The van der Waals surface area contributed by atoms with Gasteiger partial charge in [0.15, 0.2) is 5.82 Å². The van der Waals surface area contributed by atoms with E-state index in [2.05, 4.69) is 15.3 Å². The Bertz CT molecular complexity index is 789. The molecule has 0 radical (unpaired) electrons. The molecule has 3 rings (SSSR count). The van der Waals surface area contributed by atoms with Gasteiger partial charge in [-0.2, -0.15) is 0 Å². The largest absolute Gasteiger partial charge is 0.444 e. The molecule has 1 amide bonds. The molecule has 130 valence electrons. The quantitative estimate of drug-likeness (QED) is 0.882. The number of fused-ring (bicyclic) bond motifs is 3. The molecule has 0 spiro atoms. The van der Waals surface area contributed by atoms with Crippen molar-refractivity contribution in [3.05, 3.63) is 17.1 Å². The molecule has 7 heteroatoms. The summed E-state index contributed by atoms with van der Waals surface area (Å²) in [4.78, 5) is 21.0. The van der Waals surface area contributed by atoms with E-state index in [1.807, 2.05) is 32.3 Å². The maximum Gasteiger partial charge on any atom is 0.409 e. The van der Waals surface area contributed by atoms with Gasteiger partial charge in [0.25, 0.3) is 0 Å². The van der Waals surface area contributed by atoms with Crippen LogP contribution in [0.3, 0.4) is 0 Å². The number of carbonyl (C=O) groups excluding carboxylic acids is 1. The Morgan fingerprint density at radius 2 is 2.00 bits per heavy atom. The number of aromatic nitrogens is 3. The fourth-order valence-electron chi connectivity index (χ4n) is 3.17. The molecule has 0 atom stereocenters. The number of alkyl carbamates (subject to hydrolysis) is 1. The molecule has 0 saturated carbocycles. The van der Waals surface area contributed by atoms with Crippen LogP contribution in [0.4, 0.5) is 10.6 Å². The van der Waals surface area contributed by atoms with Gasteiger partial charge in [-0.15, -0.1) is 0 Å². The van der Waals surface area contributed by atoms with E-state index >= 15 is 0 Å². The Morgan fingerprint density at radius 1 is 1.29 bits per heavy atom. The van der Waals surface area contributed by atoms with Gasteiger partial charge in [0.1, 0.15) is 16.9 Å². The van der Waals surface area contributed by atoms with Crippen LogP contribution in [0, 0.1) is 6.92 Å². The van der Waals surface area contributed by atoms with Gasteiger partial charge in [-0.3, -0.25) is 0 Å². The van der Waals surface area contributed by atoms with E-state index in [9.17, 15) is 4.79 Å². The third kappa shape index (κ3) is 3.16. The molecule has 1 aliphatic rings. The van der Waals surface area contributed by atoms with Gasteiger partial charge in [0.05, 0.1) is 12.2 Å². The van der Waals surface area contributed by atoms with E-state index < -0.39 is 11.7 Å². The highest BCUT2D eigenvalue weighted by Gasteiger charge is 2.22. The minimum atomic E-state index is -0.524. The molecule has 0 aliphatic heterocycles. The lowest BCUT2D eigenvalue weighted by Gasteiger charge is -2.21. The Kier molecular flexibility index (Phi) is 4.11. The molecular weight excluding hydrogens is 306 g/mol. The molecule has 2 heterocycles. The number of rotatable bonds is 2. The fraction of sp³-hybridized carbons (Fsp3) is 0.588. The predicted molar refractivity (Wildman–Crippen MR) is 92.7 cm³/mol. The number of imidazole rings is 1. The van der Waals surface area contributed by atoms with E-state index in [4.69, 9.17) is 10.5 Å². The average molecular weight is 331 g/mol. The minimum absolute atomic E-state index is 0.299. The number of nitrogens with zero attached hydrogens (tertiary/aromatic N) is 3. The van der Waals surface area contributed by atoms with Crippen LogP contribution in [-0.4, -0.2) is 26.2 Å². The van der Waals surface area contributed by atoms with Gasteiger partial charge in [0, 0.05) is 5.69 Å². The summed E-state index contributed by atoms with van der Waals surface area (Å²) in [7, 11) is 0. The van der Waals surface area contributed by atoms with E-state index in [1.165, 1.54) is 5.56 Å². The summed E-state index contributed by atoms with van der Waals surface area (Å²) < 4.78 is 7.29. The second-order valence-electron chi connectivity index (χ2n) is 7.25. The Morgan fingerprint density at radius 3 is 2.71 bits per heavy atom.